The maximum atomic E-state index is 12.2. The molecule has 0 saturated heterocycles. The average Bonchev–Trinajstić information content (AvgIpc) is 3.13. The molecule has 1 atom stereocenters. The predicted octanol–water partition coefficient (Wildman–Crippen LogP) is 0.886. The van der Waals surface area contributed by atoms with Crippen LogP contribution < -0.4 is 10.0 Å². The zero-order valence-corrected chi connectivity index (χ0v) is 13.0. The van der Waals surface area contributed by atoms with Crippen LogP contribution in [0.4, 0.5) is 4.79 Å². The number of fused-ring (bicyclic) bond motifs is 1. The summed E-state index contributed by atoms with van der Waals surface area (Å²) in [6.45, 7) is 6.06. The average molecular weight is 326 g/mol. The lowest BCUT2D eigenvalue weighted by atomic mass is 10.1. The van der Waals surface area contributed by atoms with Crippen LogP contribution >= 0.6 is 0 Å². The second kappa shape index (κ2) is 5.40. The molecule has 2 amide bonds. The van der Waals surface area contributed by atoms with Crippen molar-refractivity contribution in [2.24, 2.45) is 5.92 Å². The smallest absolute Gasteiger partial charge is 0.332 e. The van der Waals surface area contributed by atoms with Gasteiger partial charge in [-0.05, 0) is 25.7 Å². The third kappa shape index (κ3) is 3.00. The van der Waals surface area contributed by atoms with Crippen LogP contribution in [0.1, 0.15) is 31.6 Å². The topological polar surface area (TPSA) is 102 Å². The molecule has 0 spiro atoms. The van der Waals surface area contributed by atoms with E-state index in [1.807, 2.05) is 4.72 Å². The molecular weight excluding hydrogens is 308 g/mol. The van der Waals surface area contributed by atoms with Crippen molar-refractivity contribution >= 4 is 16.1 Å². The first-order valence-electron chi connectivity index (χ1n) is 7.05. The molecule has 0 bridgehead atoms. The Labute approximate surface area is 128 Å². The fourth-order valence-electron chi connectivity index (χ4n) is 2.47. The van der Waals surface area contributed by atoms with Gasteiger partial charge in [0.15, 0.2) is 5.03 Å². The van der Waals surface area contributed by atoms with Gasteiger partial charge < -0.3 is 10.1 Å². The van der Waals surface area contributed by atoms with Gasteiger partial charge in [-0.3, -0.25) is 4.68 Å². The van der Waals surface area contributed by atoms with E-state index in [1.54, 1.807) is 11.6 Å². The second-order valence-electron chi connectivity index (χ2n) is 5.60. The summed E-state index contributed by atoms with van der Waals surface area (Å²) in [4.78, 5) is 11.5. The fourth-order valence-corrected chi connectivity index (χ4v) is 3.35. The van der Waals surface area contributed by atoms with Crippen molar-refractivity contribution in [3.05, 3.63) is 24.0 Å². The van der Waals surface area contributed by atoms with Crippen LogP contribution in [0.2, 0.25) is 0 Å². The maximum absolute atomic E-state index is 12.2. The van der Waals surface area contributed by atoms with Gasteiger partial charge >= 0.3 is 6.03 Å². The Bertz CT molecular complexity index is 720. The molecule has 1 saturated carbocycles. The Morgan fingerprint density at radius 3 is 2.86 bits per heavy atom. The van der Waals surface area contributed by atoms with Crippen molar-refractivity contribution in [1.29, 1.82) is 0 Å². The highest BCUT2D eigenvalue weighted by molar-refractivity contribution is 7.90. The maximum Gasteiger partial charge on any atom is 0.332 e. The molecule has 2 N–H and O–H groups in total. The Kier molecular flexibility index (Phi) is 3.69. The Hall–Kier alpha value is -1.87. The summed E-state index contributed by atoms with van der Waals surface area (Å²) in [7, 11) is -4.02. The zero-order valence-electron chi connectivity index (χ0n) is 12.2. The first-order valence-corrected chi connectivity index (χ1v) is 8.54. The number of allylic oxidation sites excluding steroid dienone is 1. The van der Waals surface area contributed by atoms with Crippen molar-refractivity contribution in [2.45, 2.75) is 37.4 Å². The third-order valence-electron chi connectivity index (χ3n) is 3.56. The molecule has 1 aromatic rings. The molecular formula is C13H18N4O4S. The van der Waals surface area contributed by atoms with Crippen LogP contribution in [0.5, 0.6) is 0 Å². The third-order valence-corrected chi connectivity index (χ3v) is 4.76. The summed E-state index contributed by atoms with van der Waals surface area (Å²) in [5.74, 6) is 0.436. The molecule has 22 heavy (non-hydrogen) atoms. The molecule has 1 fully saturated rings. The van der Waals surface area contributed by atoms with E-state index in [4.69, 9.17) is 4.74 Å². The lowest BCUT2D eigenvalue weighted by Crippen LogP contribution is -2.38. The number of aromatic nitrogens is 2. The van der Waals surface area contributed by atoms with E-state index in [0.717, 1.165) is 18.5 Å². The van der Waals surface area contributed by atoms with Gasteiger partial charge in [0.1, 0.15) is 6.10 Å². The van der Waals surface area contributed by atoms with Crippen molar-refractivity contribution in [3.8, 4) is 0 Å². The van der Waals surface area contributed by atoms with E-state index in [9.17, 15) is 13.2 Å². The molecule has 0 radical (unpaired) electrons. The van der Waals surface area contributed by atoms with Crippen molar-refractivity contribution in [1.82, 2.24) is 19.8 Å². The molecule has 0 aromatic carbocycles. The van der Waals surface area contributed by atoms with Crippen LogP contribution in [-0.2, 0) is 21.3 Å². The molecule has 2 heterocycles. The van der Waals surface area contributed by atoms with Gasteiger partial charge in [0.05, 0.1) is 18.8 Å². The lowest BCUT2D eigenvalue weighted by Gasteiger charge is -2.23. The van der Waals surface area contributed by atoms with Crippen LogP contribution in [-0.4, -0.2) is 30.8 Å². The number of urea groups is 1. The van der Waals surface area contributed by atoms with E-state index in [2.05, 4.69) is 17.0 Å². The normalized spacial score (nSPS) is 21.0. The molecule has 3 rings (SSSR count). The number of amides is 2. The number of hydrogen-bond acceptors (Lipinski definition) is 5. The minimum atomic E-state index is -4.02. The van der Waals surface area contributed by atoms with Crippen LogP contribution in [0.25, 0.3) is 0 Å². The SMILES string of the molecule is C=C(C)NC(=O)NS(=O)(=O)c1cc2n(n1)CCO[C@@H]2C1CC1. The van der Waals surface area contributed by atoms with Gasteiger partial charge in [0.25, 0.3) is 10.0 Å². The van der Waals surface area contributed by atoms with Crippen molar-refractivity contribution < 1.29 is 17.9 Å². The largest absolute Gasteiger partial charge is 0.370 e. The van der Waals surface area contributed by atoms with Gasteiger partial charge in [-0.15, -0.1) is 0 Å². The van der Waals surface area contributed by atoms with Crippen molar-refractivity contribution in [3.63, 3.8) is 0 Å². The molecule has 0 unspecified atom stereocenters. The molecule has 9 heteroatoms. The predicted molar refractivity (Wildman–Crippen MR) is 77.3 cm³/mol. The summed E-state index contributed by atoms with van der Waals surface area (Å²) in [5, 5.41) is 6.21. The quantitative estimate of drug-likeness (QED) is 0.855. The minimum Gasteiger partial charge on any atom is -0.370 e. The molecule has 1 aliphatic carbocycles. The highest BCUT2D eigenvalue weighted by Crippen LogP contribution is 2.44. The van der Waals surface area contributed by atoms with Gasteiger partial charge in [0, 0.05) is 11.8 Å². The Balaban J connectivity index is 1.82. The number of carbonyl (C=O) groups excluding carboxylic acids is 1. The number of sulfonamides is 1. The number of rotatable bonds is 4. The first kappa shape index (κ1) is 15.0. The molecule has 1 aliphatic heterocycles. The highest BCUT2D eigenvalue weighted by Gasteiger charge is 2.38. The van der Waals surface area contributed by atoms with E-state index in [1.165, 1.54) is 6.07 Å². The number of ether oxygens (including phenoxy) is 1. The van der Waals surface area contributed by atoms with E-state index in [0.29, 0.717) is 24.8 Å². The van der Waals surface area contributed by atoms with Crippen molar-refractivity contribution in [2.75, 3.05) is 6.61 Å². The van der Waals surface area contributed by atoms with E-state index in [-0.39, 0.29) is 11.1 Å². The first-order chi connectivity index (χ1) is 10.4. The number of carbonyl (C=O) groups is 1. The van der Waals surface area contributed by atoms with E-state index < -0.39 is 16.1 Å². The standard InChI is InChI=1S/C13H18N4O4S/c1-8(2)14-13(18)16-22(19,20)11-7-10-12(9-3-4-9)21-6-5-17(10)15-11/h7,9,12H,1,3-6H2,2H3,(H2,14,16,18)/t12-/m1/s1. The van der Waals surface area contributed by atoms with Crippen LogP contribution in [0.3, 0.4) is 0 Å². The van der Waals surface area contributed by atoms with Gasteiger partial charge in [-0.25, -0.2) is 9.52 Å². The molecule has 1 aromatic heterocycles. The Morgan fingerprint density at radius 2 is 2.23 bits per heavy atom. The zero-order chi connectivity index (χ0) is 15.9. The van der Waals surface area contributed by atoms with Gasteiger partial charge in [-0.1, -0.05) is 6.58 Å². The summed E-state index contributed by atoms with van der Waals surface area (Å²) < 4.78 is 33.7. The summed E-state index contributed by atoms with van der Waals surface area (Å²) in [6.07, 6.45) is 2.06. The summed E-state index contributed by atoms with van der Waals surface area (Å²) in [6, 6.07) is 0.631. The van der Waals surface area contributed by atoms with Crippen LogP contribution in [0, 0.1) is 5.92 Å². The number of hydrogen-bond donors (Lipinski definition) is 2. The van der Waals surface area contributed by atoms with Gasteiger partial charge in [-0.2, -0.15) is 13.5 Å². The summed E-state index contributed by atoms with van der Waals surface area (Å²) >= 11 is 0. The lowest BCUT2D eigenvalue weighted by molar-refractivity contribution is 0.00273. The number of nitrogens with zero attached hydrogens (tertiary/aromatic N) is 2. The number of nitrogens with one attached hydrogen (secondary N) is 2. The minimum absolute atomic E-state index is 0.102. The molecule has 8 nitrogen and oxygen atoms in total. The Morgan fingerprint density at radius 1 is 1.50 bits per heavy atom. The van der Waals surface area contributed by atoms with Crippen LogP contribution in [0.15, 0.2) is 23.4 Å². The molecule has 2 aliphatic rings. The highest BCUT2D eigenvalue weighted by atomic mass is 32.2. The van der Waals surface area contributed by atoms with Gasteiger partial charge in [0.2, 0.25) is 0 Å². The monoisotopic (exact) mass is 326 g/mol. The summed E-state index contributed by atoms with van der Waals surface area (Å²) in [5.41, 5.74) is 1.11. The molecule has 120 valence electrons. The fraction of sp³-hybridized carbons (Fsp3) is 0.538. The van der Waals surface area contributed by atoms with E-state index >= 15 is 0 Å². The second-order valence-corrected chi connectivity index (χ2v) is 7.23.